The zero-order valence-electron chi connectivity index (χ0n) is 21.0. The van der Waals surface area contributed by atoms with Crippen LogP contribution in [0.4, 0.5) is 4.39 Å². The van der Waals surface area contributed by atoms with Crippen LogP contribution < -0.4 is 4.43 Å². The van der Waals surface area contributed by atoms with Gasteiger partial charge in [-0.2, -0.15) is 0 Å². The largest absolute Gasteiger partial charge is 0.543 e. The molecular formula is C27H41FO2Si. The molecule has 0 bridgehead atoms. The Hall–Kier alpha value is -1.65. The van der Waals surface area contributed by atoms with Gasteiger partial charge >= 0.3 is 0 Å². The van der Waals surface area contributed by atoms with Crippen LogP contribution in [0.15, 0.2) is 30.3 Å². The summed E-state index contributed by atoms with van der Waals surface area (Å²) in [6.07, 6.45) is -0.797. The number of hydrogen-bond acceptors (Lipinski definition) is 2. The van der Waals surface area contributed by atoms with Crippen molar-refractivity contribution in [3.8, 4) is 5.75 Å². The Bertz CT molecular complexity index is 857. The minimum atomic E-state index is -2.05. The van der Waals surface area contributed by atoms with Crippen molar-refractivity contribution in [1.82, 2.24) is 0 Å². The lowest BCUT2D eigenvalue weighted by atomic mass is 9.91. The van der Waals surface area contributed by atoms with E-state index in [4.69, 9.17) is 4.43 Å². The highest BCUT2D eigenvalue weighted by Gasteiger charge is 2.47. The molecule has 2 nitrogen and oxygen atoms in total. The molecule has 0 fully saturated rings. The SMILES string of the molecule is Cc1cc(O[Si](C(C)C)(C(C)C)C(C)C)cc(C)c1C(O)c1ccc(F)c(C(C)C)c1. The number of halogens is 1. The number of aliphatic hydroxyl groups excluding tert-OH is 1. The van der Waals surface area contributed by atoms with Crippen molar-refractivity contribution in [2.75, 3.05) is 0 Å². The predicted octanol–water partition coefficient (Wildman–Crippen LogP) is 8.20. The maximum atomic E-state index is 14.2. The molecule has 0 aliphatic heterocycles. The highest BCUT2D eigenvalue weighted by atomic mass is 28.4. The zero-order chi connectivity index (χ0) is 23.7. The first kappa shape index (κ1) is 25.6. The average Bonchev–Trinajstić information content (AvgIpc) is 2.64. The van der Waals surface area contributed by atoms with Crippen LogP contribution in [0.5, 0.6) is 5.75 Å². The normalized spacial score (nSPS) is 13.5. The fourth-order valence-electron chi connectivity index (χ4n) is 5.32. The first-order chi connectivity index (χ1) is 14.3. The summed E-state index contributed by atoms with van der Waals surface area (Å²) in [5.41, 5.74) is 5.70. The standard InChI is InChI=1S/C27H41FO2Si/c1-16(2)24-15-22(11-12-25(24)28)27(29)26-20(9)13-23(14-21(26)10)30-31(17(3)4,18(5)6)19(7)8/h11-19,27,29H,1-10H3. The van der Waals surface area contributed by atoms with E-state index in [2.05, 4.69) is 53.7 Å². The van der Waals surface area contributed by atoms with Gasteiger partial charge < -0.3 is 9.53 Å². The zero-order valence-corrected chi connectivity index (χ0v) is 22.0. The summed E-state index contributed by atoms with van der Waals surface area (Å²) < 4.78 is 21.0. The molecule has 0 aliphatic rings. The summed E-state index contributed by atoms with van der Waals surface area (Å²) in [7, 11) is -2.05. The highest BCUT2D eigenvalue weighted by Crippen LogP contribution is 2.43. The van der Waals surface area contributed by atoms with Gasteiger partial charge in [0.1, 0.15) is 17.7 Å². The third-order valence-electron chi connectivity index (χ3n) is 6.80. The number of aliphatic hydroxyl groups is 1. The third kappa shape index (κ3) is 5.06. The van der Waals surface area contributed by atoms with Crippen molar-refractivity contribution in [2.45, 2.75) is 97.9 Å². The van der Waals surface area contributed by atoms with Crippen molar-refractivity contribution in [3.63, 3.8) is 0 Å². The van der Waals surface area contributed by atoms with Gasteiger partial charge in [0.15, 0.2) is 0 Å². The van der Waals surface area contributed by atoms with E-state index >= 15 is 0 Å². The van der Waals surface area contributed by atoms with Gasteiger partial charge in [0.05, 0.1) is 0 Å². The molecule has 0 heterocycles. The lowest BCUT2D eigenvalue weighted by Gasteiger charge is -2.42. The minimum absolute atomic E-state index is 0.0614. The van der Waals surface area contributed by atoms with Gasteiger partial charge in [-0.1, -0.05) is 61.5 Å². The Morgan fingerprint density at radius 3 is 1.71 bits per heavy atom. The Balaban J connectivity index is 2.48. The van der Waals surface area contributed by atoms with Gasteiger partial charge in [0, 0.05) is 0 Å². The maximum absolute atomic E-state index is 14.2. The molecule has 0 amide bonds. The summed E-state index contributed by atoms with van der Waals surface area (Å²) >= 11 is 0. The van der Waals surface area contributed by atoms with Crippen LogP contribution in [-0.4, -0.2) is 13.4 Å². The average molecular weight is 445 g/mol. The second kappa shape index (κ2) is 9.87. The molecule has 1 N–H and O–H groups in total. The lowest BCUT2D eigenvalue weighted by molar-refractivity contribution is 0.218. The molecule has 172 valence electrons. The maximum Gasteiger partial charge on any atom is 0.258 e. The van der Waals surface area contributed by atoms with E-state index in [1.807, 2.05) is 27.7 Å². The highest BCUT2D eigenvalue weighted by molar-refractivity contribution is 6.78. The predicted molar refractivity (Wildman–Crippen MR) is 132 cm³/mol. The van der Waals surface area contributed by atoms with E-state index in [1.54, 1.807) is 12.1 Å². The second-order valence-electron chi connectivity index (χ2n) is 10.2. The molecule has 31 heavy (non-hydrogen) atoms. The van der Waals surface area contributed by atoms with Crippen LogP contribution in [0, 0.1) is 19.7 Å². The number of aryl methyl sites for hydroxylation is 2. The lowest BCUT2D eigenvalue weighted by Crippen LogP contribution is -2.50. The first-order valence-corrected chi connectivity index (χ1v) is 13.7. The Morgan fingerprint density at radius 1 is 0.806 bits per heavy atom. The molecule has 2 aromatic rings. The molecule has 0 saturated heterocycles. The fourth-order valence-corrected chi connectivity index (χ4v) is 10.6. The van der Waals surface area contributed by atoms with E-state index < -0.39 is 14.4 Å². The Labute approximate surface area is 190 Å². The van der Waals surface area contributed by atoms with Crippen molar-refractivity contribution in [3.05, 3.63) is 64.0 Å². The third-order valence-corrected chi connectivity index (χ3v) is 12.8. The van der Waals surface area contributed by atoms with E-state index in [1.165, 1.54) is 6.07 Å². The Morgan fingerprint density at radius 2 is 1.29 bits per heavy atom. The molecule has 0 aliphatic carbocycles. The quantitative estimate of drug-likeness (QED) is 0.416. The smallest absolute Gasteiger partial charge is 0.258 e. The molecular weight excluding hydrogens is 403 g/mol. The number of benzene rings is 2. The van der Waals surface area contributed by atoms with E-state index in [-0.39, 0.29) is 11.7 Å². The van der Waals surface area contributed by atoms with Gasteiger partial charge in [0.25, 0.3) is 8.32 Å². The van der Waals surface area contributed by atoms with E-state index in [9.17, 15) is 9.50 Å². The molecule has 1 unspecified atom stereocenters. The molecule has 1 atom stereocenters. The van der Waals surface area contributed by atoms with E-state index in [0.29, 0.717) is 22.2 Å². The molecule has 0 radical (unpaired) electrons. The van der Waals surface area contributed by atoms with Crippen molar-refractivity contribution < 1.29 is 13.9 Å². The fraction of sp³-hybridized carbons (Fsp3) is 0.556. The van der Waals surface area contributed by atoms with Crippen molar-refractivity contribution in [2.24, 2.45) is 0 Å². The minimum Gasteiger partial charge on any atom is -0.543 e. The summed E-state index contributed by atoms with van der Waals surface area (Å²) in [4.78, 5) is 0. The second-order valence-corrected chi connectivity index (χ2v) is 15.6. The molecule has 0 saturated carbocycles. The van der Waals surface area contributed by atoms with Gasteiger partial charge in [-0.25, -0.2) is 4.39 Å². The molecule has 2 rings (SSSR count). The van der Waals surface area contributed by atoms with E-state index in [0.717, 1.165) is 28.0 Å². The van der Waals surface area contributed by atoms with Crippen molar-refractivity contribution in [1.29, 1.82) is 0 Å². The summed E-state index contributed by atoms with van der Waals surface area (Å²) in [5, 5.41) is 11.2. The molecule has 0 spiro atoms. The number of rotatable bonds is 8. The molecule has 2 aromatic carbocycles. The number of hydrogen-bond donors (Lipinski definition) is 1. The van der Waals surface area contributed by atoms with Crippen molar-refractivity contribution >= 4 is 8.32 Å². The van der Waals surface area contributed by atoms with Gasteiger partial charge in [-0.15, -0.1) is 0 Å². The molecule has 4 heteroatoms. The summed E-state index contributed by atoms with van der Waals surface area (Å²) in [6, 6.07) is 9.07. The van der Waals surface area contributed by atoms with Gasteiger partial charge in [0.2, 0.25) is 0 Å². The monoisotopic (exact) mass is 444 g/mol. The Kier molecular flexibility index (Phi) is 8.15. The molecule has 0 aromatic heterocycles. The van der Waals surface area contributed by atoms with Crippen LogP contribution in [0.2, 0.25) is 16.6 Å². The summed E-state index contributed by atoms with van der Waals surface area (Å²) in [6.45, 7) is 21.7. The van der Waals surface area contributed by atoms with Crippen LogP contribution in [0.3, 0.4) is 0 Å². The first-order valence-electron chi connectivity index (χ1n) is 11.6. The van der Waals surface area contributed by atoms with Gasteiger partial charge in [-0.05, 0) is 88.5 Å². The topological polar surface area (TPSA) is 29.5 Å². The van der Waals surface area contributed by atoms with Crippen LogP contribution in [0.1, 0.15) is 95.2 Å². The summed E-state index contributed by atoms with van der Waals surface area (Å²) in [5.74, 6) is 0.738. The van der Waals surface area contributed by atoms with Gasteiger partial charge in [-0.3, -0.25) is 0 Å². The van der Waals surface area contributed by atoms with Crippen LogP contribution >= 0.6 is 0 Å². The van der Waals surface area contributed by atoms with Crippen LogP contribution in [0.25, 0.3) is 0 Å². The van der Waals surface area contributed by atoms with Crippen LogP contribution in [-0.2, 0) is 0 Å².